The molecule has 1 saturated heterocycles. The van der Waals surface area contributed by atoms with Crippen LogP contribution in [0.15, 0.2) is 35.2 Å². The number of hydrogen-bond acceptors (Lipinski definition) is 11. The fraction of sp³-hybridized carbons (Fsp3) is 0.848. The van der Waals surface area contributed by atoms with Crippen molar-refractivity contribution in [3.8, 4) is 0 Å². The molecule has 4 saturated carbocycles. The number of Topliss-reactive ketones (excluding diaryl/α,β-unsaturated/α-hetero) is 1. The standard InChI is InChI=1S/C46H75N3O8/c1-5-6-7-8-11-30-26-57-41(28(30)3)42(54)43(4,55)36-18-21-46(56)38-32(17-20-45(36,46)31-12-9-10-13-31)44(19-16-29-14-15-37(47)48-25-29)23-35(52)34(51)22-33(44)40(53)39(38)49-24-27(2)50/h14-15,25,27-28,30-37,41-42,48-52,54-56H,5-13,16-24,26,47H2,1-4H3. The van der Waals surface area contributed by atoms with Crippen LogP contribution in [0.25, 0.3) is 0 Å². The highest BCUT2D eigenvalue weighted by atomic mass is 16.5. The molecule has 0 aromatic rings. The second kappa shape index (κ2) is 16.9. The van der Waals surface area contributed by atoms with Crippen molar-refractivity contribution in [1.82, 2.24) is 10.6 Å². The fourth-order valence-corrected chi connectivity index (χ4v) is 14.0. The van der Waals surface area contributed by atoms with Gasteiger partial charge in [-0.05, 0) is 137 Å². The maximum atomic E-state index is 15.2. The number of carbonyl (C=O) groups excluding carboxylic acids is 1. The van der Waals surface area contributed by atoms with Gasteiger partial charge in [-0.1, -0.05) is 58.4 Å². The number of nitrogens with two attached hydrogens (primary N) is 1. The van der Waals surface area contributed by atoms with E-state index in [2.05, 4.69) is 24.5 Å². The van der Waals surface area contributed by atoms with Crippen molar-refractivity contribution in [2.45, 2.75) is 185 Å². The van der Waals surface area contributed by atoms with Gasteiger partial charge in [0, 0.05) is 24.1 Å². The van der Waals surface area contributed by atoms with Crippen LogP contribution in [0.1, 0.15) is 137 Å². The lowest BCUT2D eigenvalue weighted by atomic mass is 9.41. The summed E-state index contributed by atoms with van der Waals surface area (Å²) in [5, 5.41) is 78.9. The van der Waals surface area contributed by atoms with Crippen LogP contribution >= 0.6 is 0 Å². The number of fused-ring (bicyclic) bond motifs is 5. The van der Waals surface area contributed by atoms with Crippen molar-refractivity contribution in [2.75, 3.05) is 13.2 Å². The van der Waals surface area contributed by atoms with E-state index in [1.165, 1.54) is 19.3 Å². The lowest BCUT2D eigenvalue weighted by Crippen LogP contribution is -2.67. The molecule has 0 bridgehead atoms. The van der Waals surface area contributed by atoms with Gasteiger partial charge in [0.1, 0.15) is 6.10 Å². The Morgan fingerprint density at radius 2 is 1.82 bits per heavy atom. The maximum absolute atomic E-state index is 15.2. The number of aliphatic hydroxyl groups is 6. The zero-order valence-corrected chi connectivity index (χ0v) is 35.2. The molecule has 15 atom stereocenters. The molecule has 5 aliphatic carbocycles. The number of ketones is 1. The Bertz CT molecular complexity index is 1540. The van der Waals surface area contributed by atoms with Crippen molar-refractivity contribution in [2.24, 2.45) is 52.1 Å². The van der Waals surface area contributed by atoms with Gasteiger partial charge < -0.3 is 51.7 Å². The molecule has 10 N–H and O–H groups in total. The zero-order chi connectivity index (χ0) is 40.9. The second-order valence-electron chi connectivity index (χ2n) is 20.0. The third-order valence-electron chi connectivity index (χ3n) is 16.9. The Kier molecular flexibility index (Phi) is 12.8. The summed E-state index contributed by atoms with van der Waals surface area (Å²) in [6.45, 7) is 8.50. The molecule has 11 nitrogen and oxygen atoms in total. The van der Waals surface area contributed by atoms with E-state index in [1.807, 2.05) is 18.4 Å². The number of rotatable bonds is 15. The normalized spacial score (nSPS) is 42.8. The van der Waals surface area contributed by atoms with E-state index in [1.54, 1.807) is 13.8 Å². The molecule has 0 spiro atoms. The van der Waals surface area contributed by atoms with Gasteiger partial charge in [-0.2, -0.15) is 0 Å². The zero-order valence-electron chi connectivity index (χ0n) is 35.2. The molecular formula is C46H75N3O8. The summed E-state index contributed by atoms with van der Waals surface area (Å²) >= 11 is 0. The van der Waals surface area contributed by atoms with E-state index >= 15 is 4.79 Å². The number of ether oxygens (including phenoxy) is 1. The third-order valence-corrected chi connectivity index (χ3v) is 16.9. The van der Waals surface area contributed by atoms with E-state index in [0.717, 1.165) is 44.1 Å². The molecular weight excluding hydrogens is 723 g/mol. The fourth-order valence-electron chi connectivity index (χ4n) is 14.0. The van der Waals surface area contributed by atoms with Crippen LogP contribution in [0.2, 0.25) is 0 Å². The Labute approximate surface area is 341 Å². The van der Waals surface area contributed by atoms with E-state index in [-0.39, 0.29) is 49.1 Å². The van der Waals surface area contributed by atoms with E-state index < -0.39 is 64.4 Å². The van der Waals surface area contributed by atoms with Crippen molar-refractivity contribution >= 4 is 5.78 Å². The molecule has 5 fully saturated rings. The van der Waals surface area contributed by atoms with Gasteiger partial charge in [0.2, 0.25) is 0 Å². The van der Waals surface area contributed by atoms with E-state index in [4.69, 9.17) is 10.5 Å². The van der Waals surface area contributed by atoms with Crippen molar-refractivity contribution in [1.29, 1.82) is 0 Å². The van der Waals surface area contributed by atoms with Gasteiger partial charge in [-0.25, -0.2) is 0 Å². The molecule has 57 heavy (non-hydrogen) atoms. The van der Waals surface area contributed by atoms with Gasteiger partial charge in [-0.15, -0.1) is 0 Å². The number of nitrogens with one attached hydrogen (secondary N) is 2. The number of unbranched alkanes of at least 4 members (excludes halogenated alkanes) is 3. The van der Waals surface area contributed by atoms with Crippen LogP contribution in [-0.2, 0) is 9.53 Å². The molecule has 0 aromatic carbocycles. The molecule has 2 heterocycles. The van der Waals surface area contributed by atoms with Crippen molar-refractivity contribution in [3.63, 3.8) is 0 Å². The van der Waals surface area contributed by atoms with Gasteiger partial charge in [0.05, 0.1) is 54.1 Å². The minimum absolute atomic E-state index is 0.0729. The van der Waals surface area contributed by atoms with Gasteiger partial charge in [-0.3, -0.25) is 4.79 Å². The topological polar surface area (TPSA) is 198 Å². The average molecular weight is 798 g/mol. The van der Waals surface area contributed by atoms with Gasteiger partial charge >= 0.3 is 0 Å². The summed E-state index contributed by atoms with van der Waals surface area (Å²) in [7, 11) is 0. The molecule has 7 rings (SSSR count). The summed E-state index contributed by atoms with van der Waals surface area (Å²) in [6.07, 6.45) is 14.3. The average Bonchev–Trinajstić information content (AvgIpc) is 3.92. The minimum atomic E-state index is -1.58. The maximum Gasteiger partial charge on any atom is 0.182 e. The first-order chi connectivity index (χ1) is 27.1. The number of hydrogen-bond donors (Lipinski definition) is 9. The van der Waals surface area contributed by atoms with Gasteiger partial charge in [0.15, 0.2) is 5.78 Å². The summed E-state index contributed by atoms with van der Waals surface area (Å²) in [4.78, 5) is 15.2. The smallest absolute Gasteiger partial charge is 0.182 e. The first-order valence-electron chi connectivity index (χ1n) is 22.8. The highest BCUT2D eigenvalue weighted by Gasteiger charge is 2.74. The third kappa shape index (κ3) is 7.40. The highest BCUT2D eigenvalue weighted by Crippen LogP contribution is 2.73. The number of aliphatic hydroxyl groups excluding tert-OH is 4. The Morgan fingerprint density at radius 1 is 1.07 bits per heavy atom. The van der Waals surface area contributed by atoms with Crippen LogP contribution in [0.4, 0.5) is 0 Å². The summed E-state index contributed by atoms with van der Waals surface area (Å²) < 4.78 is 6.38. The van der Waals surface area contributed by atoms with Crippen LogP contribution in [0.5, 0.6) is 0 Å². The molecule has 2 aliphatic heterocycles. The second-order valence-corrected chi connectivity index (χ2v) is 20.0. The molecule has 0 aromatic heterocycles. The SMILES string of the molecule is CCCCCCC1COC(C(O)C(C)(O)C2CCC3(O)C4=C(NCC(C)O)C(=O)C5CC(O)C(O)CC5(CCC5=CNC(N)C=C5)C4CCC23C2CCCC2)C1C. The van der Waals surface area contributed by atoms with E-state index in [0.29, 0.717) is 62.3 Å². The first kappa shape index (κ1) is 43.3. The summed E-state index contributed by atoms with van der Waals surface area (Å²) in [5.74, 6) is -1.05. The van der Waals surface area contributed by atoms with Crippen LogP contribution in [-0.4, -0.2) is 97.5 Å². The molecule has 0 radical (unpaired) electrons. The quantitative estimate of drug-likeness (QED) is 0.106. The van der Waals surface area contributed by atoms with Crippen LogP contribution in [0, 0.1) is 46.3 Å². The van der Waals surface area contributed by atoms with E-state index in [9.17, 15) is 30.6 Å². The number of dihydropyridines is 1. The Balaban J connectivity index is 1.30. The molecule has 0 amide bonds. The van der Waals surface area contributed by atoms with Crippen molar-refractivity contribution < 1.29 is 40.2 Å². The monoisotopic (exact) mass is 798 g/mol. The predicted octanol–water partition coefficient (Wildman–Crippen LogP) is 4.48. The lowest BCUT2D eigenvalue weighted by molar-refractivity contribution is -0.214. The van der Waals surface area contributed by atoms with Crippen molar-refractivity contribution in [3.05, 3.63) is 35.2 Å². The summed E-state index contributed by atoms with van der Waals surface area (Å²) in [6, 6.07) is 0. The molecule has 15 unspecified atom stereocenters. The molecule has 11 heteroatoms. The van der Waals surface area contributed by atoms with Crippen LogP contribution in [0.3, 0.4) is 0 Å². The lowest BCUT2D eigenvalue weighted by Gasteiger charge is -2.64. The molecule has 7 aliphatic rings. The Hall–Kier alpha value is -1.83. The summed E-state index contributed by atoms with van der Waals surface area (Å²) in [5.41, 5.74) is 3.47. The predicted molar refractivity (Wildman–Crippen MR) is 219 cm³/mol. The number of allylic oxidation sites excluding steroid dienone is 3. The number of carbonyl (C=O) groups is 1. The Morgan fingerprint density at radius 3 is 2.51 bits per heavy atom. The van der Waals surface area contributed by atoms with Crippen LogP contribution < -0.4 is 16.4 Å². The van der Waals surface area contributed by atoms with Gasteiger partial charge in [0.25, 0.3) is 0 Å². The minimum Gasteiger partial charge on any atom is -0.392 e. The molecule has 322 valence electrons. The highest BCUT2D eigenvalue weighted by molar-refractivity contribution is 6.00. The first-order valence-corrected chi connectivity index (χ1v) is 22.8. The largest absolute Gasteiger partial charge is 0.392 e.